The molecule has 1 unspecified atom stereocenters. The van der Waals surface area contributed by atoms with Crippen LogP contribution in [-0.2, 0) is 0 Å². The third-order valence-electron chi connectivity index (χ3n) is 5.92. The highest BCUT2D eigenvalue weighted by Gasteiger charge is 2.42. The zero-order valence-electron chi connectivity index (χ0n) is 16.1. The highest BCUT2D eigenvalue weighted by Crippen LogP contribution is 2.46. The molecule has 4 nitrogen and oxygen atoms in total. The van der Waals surface area contributed by atoms with Crippen molar-refractivity contribution in [3.05, 3.63) is 59.2 Å². The van der Waals surface area contributed by atoms with Gasteiger partial charge < -0.3 is 14.8 Å². The van der Waals surface area contributed by atoms with Crippen molar-refractivity contribution in [2.75, 3.05) is 7.11 Å². The van der Waals surface area contributed by atoms with E-state index >= 15 is 0 Å². The Kier molecular flexibility index (Phi) is 4.81. The monoisotopic (exact) mass is 365 g/mol. The molecule has 4 rings (SSSR count). The zero-order valence-corrected chi connectivity index (χ0v) is 16.1. The number of para-hydroxylation sites is 1. The normalized spacial score (nSPS) is 20.4. The molecular weight excluding hydrogens is 338 g/mol. The standard InChI is InChI=1S/C23H27NO3/c1-16-14-17(10-11-20(16)26-2)22(25)24-19-15-23(12-6-3-7-13-23)27-21-9-5-4-8-18(19)21/h4-5,8-11,14,19H,3,6-7,12-13,15H2,1-2H3,(H,24,25). The molecule has 2 aromatic rings. The average molecular weight is 365 g/mol. The summed E-state index contributed by atoms with van der Waals surface area (Å²) in [6, 6.07) is 13.6. The fourth-order valence-electron chi connectivity index (χ4n) is 4.51. The van der Waals surface area contributed by atoms with Crippen molar-refractivity contribution in [2.45, 2.75) is 57.1 Å². The molecule has 1 amide bonds. The van der Waals surface area contributed by atoms with Crippen LogP contribution in [0.15, 0.2) is 42.5 Å². The average Bonchev–Trinajstić information content (AvgIpc) is 2.68. The van der Waals surface area contributed by atoms with Crippen molar-refractivity contribution in [2.24, 2.45) is 0 Å². The predicted molar refractivity (Wildman–Crippen MR) is 105 cm³/mol. The molecule has 2 aromatic carbocycles. The highest BCUT2D eigenvalue weighted by atomic mass is 16.5. The van der Waals surface area contributed by atoms with Crippen molar-refractivity contribution in [3.63, 3.8) is 0 Å². The van der Waals surface area contributed by atoms with Crippen LogP contribution in [0.25, 0.3) is 0 Å². The van der Waals surface area contributed by atoms with E-state index in [4.69, 9.17) is 9.47 Å². The van der Waals surface area contributed by atoms with Crippen LogP contribution in [0, 0.1) is 6.92 Å². The fourth-order valence-corrected chi connectivity index (χ4v) is 4.51. The molecule has 2 aliphatic rings. The van der Waals surface area contributed by atoms with Gasteiger partial charge in [-0.15, -0.1) is 0 Å². The maximum atomic E-state index is 13.0. The Balaban J connectivity index is 1.60. The van der Waals surface area contributed by atoms with Crippen LogP contribution in [-0.4, -0.2) is 18.6 Å². The summed E-state index contributed by atoms with van der Waals surface area (Å²) in [5.74, 6) is 1.67. The van der Waals surface area contributed by atoms with Gasteiger partial charge in [-0.3, -0.25) is 4.79 Å². The molecule has 1 aliphatic carbocycles. The Morgan fingerprint density at radius 2 is 1.93 bits per heavy atom. The second-order valence-corrected chi connectivity index (χ2v) is 7.80. The summed E-state index contributed by atoms with van der Waals surface area (Å²) in [5.41, 5.74) is 2.56. The van der Waals surface area contributed by atoms with E-state index in [1.54, 1.807) is 7.11 Å². The number of fused-ring (bicyclic) bond motifs is 1. The van der Waals surface area contributed by atoms with E-state index in [0.29, 0.717) is 5.56 Å². The third kappa shape index (κ3) is 3.53. The molecule has 1 heterocycles. The van der Waals surface area contributed by atoms with Crippen molar-refractivity contribution in [3.8, 4) is 11.5 Å². The van der Waals surface area contributed by atoms with Crippen molar-refractivity contribution in [1.29, 1.82) is 0 Å². The van der Waals surface area contributed by atoms with Gasteiger partial charge in [0.1, 0.15) is 17.1 Å². The Hall–Kier alpha value is -2.49. The molecule has 0 aromatic heterocycles. The molecule has 1 aliphatic heterocycles. The number of hydrogen-bond acceptors (Lipinski definition) is 3. The molecule has 1 spiro atoms. The first-order valence-electron chi connectivity index (χ1n) is 9.84. The minimum Gasteiger partial charge on any atom is -0.496 e. The van der Waals surface area contributed by atoms with Gasteiger partial charge >= 0.3 is 0 Å². The lowest BCUT2D eigenvalue weighted by molar-refractivity contribution is -0.00209. The van der Waals surface area contributed by atoms with Gasteiger partial charge in [0.25, 0.3) is 5.91 Å². The molecule has 0 bridgehead atoms. The lowest BCUT2D eigenvalue weighted by Crippen LogP contribution is -2.46. The molecule has 142 valence electrons. The molecule has 1 fully saturated rings. The highest BCUT2D eigenvalue weighted by molar-refractivity contribution is 5.95. The number of carbonyl (C=O) groups is 1. The minimum atomic E-state index is -0.139. The molecule has 27 heavy (non-hydrogen) atoms. The van der Waals surface area contributed by atoms with Gasteiger partial charge in [0.05, 0.1) is 13.2 Å². The van der Waals surface area contributed by atoms with Gasteiger partial charge in [-0.05, 0) is 62.4 Å². The first-order chi connectivity index (χ1) is 13.1. The van der Waals surface area contributed by atoms with E-state index in [-0.39, 0.29) is 17.6 Å². The molecule has 1 saturated carbocycles. The topological polar surface area (TPSA) is 47.6 Å². The molecule has 1 N–H and O–H groups in total. The van der Waals surface area contributed by atoms with Crippen LogP contribution in [0.2, 0.25) is 0 Å². The Bertz CT molecular complexity index is 839. The Morgan fingerprint density at radius 3 is 2.67 bits per heavy atom. The molecule has 1 atom stereocenters. The van der Waals surface area contributed by atoms with Gasteiger partial charge in [-0.25, -0.2) is 0 Å². The largest absolute Gasteiger partial charge is 0.496 e. The molecule has 4 heteroatoms. The first-order valence-corrected chi connectivity index (χ1v) is 9.84. The fraction of sp³-hybridized carbons (Fsp3) is 0.435. The number of hydrogen-bond donors (Lipinski definition) is 1. The Labute approximate surface area is 160 Å². The van der Waals surface area contributed by atoms with E-state index in [1.165, 1.54) is 19.3 Å². The number of rotatable bonds is 3. The lowest BCUT2D eigenvalue weighted by atomic mass is 9.77. The maximum Gasteiger partial charge on any atom is 0.251 e. The van der Waals surface area contributed by atoms with Crippen molar-refractivity contribution >= 4 is 5.91 Å². The minimum absolute atomic E-state index is 0.0250. The second-order valence-electron chi connectivity index (χ2n) is 7.80. The van der Waals surface area contributed by atoms with E-state index in [0.717, 1.165) is 41.9 Å². The quantitative estimate of drug-likeness (QED) is 0.836. The molecule has 0 saturated heterocycles. The van der Waals surface area contributed by atoms with Crippen LogP contribution in [0.5, 0.6) is 11.5 Å². The van der Waals surface area contributed by atoms with Crippen LogP contribution in [0.1, 0.15) is 66.1 Å². The summed E-state index contributed by atoms with van der Waals surface area (Å²) in [7, 11) is 1.64. The summed E-state index contributed by atoms with van der Waals surface area (Å²) in [6.45, 7) is 1.95. The van der Waals surface area contributed by atoms with Crippen molar-refractivity contribution < 1.29 is 14.3 Å². The van der Waals surface area contributed by atoms with E-state index in [1.807, 2.05) is 43.3 Å². The summed E-state index contributed by atoms with van der Waals surface area (Å²) in [6.07, 6.45) is 6.63. The smallest absolute Gasteiger partial charge is 0.251 e. The van der Waals surface area contributed by atoms with Crippen molar-refractivity contribution in [1.82, 2.24) is 5.32 Å². The van der Waals surface area contributed by atoms with E-state index in [9.17, 15) is 4.79 Å². The van der Waals surface area contributed by atoms with Gasteiger partial charge in [-0.2, -0.15) is 0 Å². The predicted octanol–water partition coefficient (Wildman–Crippen LogP) is 4.96. The van der Waals surface area contributed by atoms with Gasteiger partial charge in [-0.1, -0.05) is 24.6 Å². The summed E-state index contributed by atoms with van der Waals surface area (Å²) >= 11 is 0. The zero-order chi connectivity index (χ0) is 18.9. The number of nitrogens with one attached hydrogen (secondary N) is 1. The van der Waals surface area contributed by atoms with E-state index in [2.05, 4.69) is 11.4 Å². The van der Waals surface area contributed by atoms with Crippen LogP contribution in [0.3, 0.4) is 0 Å². The molecule has 0 radical (unpaired) electrons. The SMILES string of the molecule is COc1ccc(C(=O)NC2CC3(CCCCC3)Oc3ccccc32)cc1C. The van der Waals surface area contributed by atoms with E-state index < -0.39 is 0 Å². The van der Waals surface area contributed by atoms with Crippen LogP contribution >= 0.6 is 0 Å². The van der Waals surface area contributed by atoms with Crippen LogP contribution in [0.4, 0.5) is 0 Å². The Morgan fingerprint density at radius 1 is 1.15 bits per heavy atom. The number of amides is 1. The summed E-state index contributed by atoms with van der Waals surface area (Å²) in [4.78, 5) is 13.0. The van der Waals surface area contributed by atoms with Gasteiger partial charge in [0.2, 0.25) is 0 Å². The third-order valence-corrected chi connectivity index (χ3v) is 5.92. The summed E-state index contributed by atoms with van der Waals surface area (Å²) < 4.78 is 11.8. The van der Waals surface area contributed by atoms with Gasteiger partial charge in [0, 0.05) is 17.5 Å². The summed E-state index contributed by atoms with van der Waals surface area (Å²) in [5, 5.41) is 3.27. The maximum absolute atomic E-state index is 13.0. The van der Waals surface area contributed by atoms with Crippen LogP contribution < -0.4 is 14.8 Å². The number of carbonyl (C=O) groups excluding carboxylic acids is 1. The number of aryl methyl sites for hydroxylation is 1. The number of ether oxygens (including phenoxy) is 2. The second kappa shape index (κ2) is 7.26. The molecular formula is C23H27NO3. The lowest BCUT2D eigenvalue weighted by Gasteiger charge is -2.44. The number of methoxy groups -OCH3 is 1. The van der Waals surface area contributed by atoms with Gasteiger partial charge in [0.15, 0.2) is 0 Å². The first kappa shape index (κ1) is 17.9. The number of benzene rings is 2.